The molecule has 12 heavy (non-hydrogen) atoms. The summed E-state index contributed by atoms with van der Waals surface area (Å²) in [6, 6.07) is 8.13. The minimum Gasteiger partial charge on any atom is -0.399 e. The molecule has 0 heterocycles. The number of hydrogen-bond acceptors (Lipinski definition) is 2. The van der Waals surface area contributed by atoms with Gasteiger partial charge in [0.2, 0.25) is 0 Å². The zero-order valence-electron chi connectivity index (χ0n) is 7.58. The summed E-state index contributed by atoms with van der Waals surface area (Å²) in [6.07, 6.45) is 2.13. The van der Waals surface area contributed by atoms with Crippen LogP contribution in [0, 0.1) is 0 Å². The van der Waals surface area contributed by atoms with E-state index in [9.17, 15) is 0 Å². The Kier molecular flexibility index (Phi) is 3.48. The molecule has 1 nitrogen and oxygen atoms in total. The standard InChI is InChI=1S/C10H15NS/c1-8(7-12-2)9-4-3-5-10(11)6-9/h3-6,8H,7,11H2,1-2H3. The van der Waals surface area contributed by atoms with Crippen molar-refractivity contribution in [1.29, 1.82) is 0 Å². The van der Waals surface area contributed by atoms with Gasteiger partial charge in [0.25, 0.3) is 0 Å². The Bertz CT molecular complexity index is 247. The minimum absolute atomic E-state index is 0.600. The van der Waals surface area contributed by atoms with Crippen molar-refractivity contribution in [2.45, 2.75) is 12.8 Å². The van der Waals surface area contributed by atoms with Crippen molar-refractivity contribution in [3.8, 4) is 0 Å². The van der Waals surface area contributed by atoms with Gasteiger partial charge in [0.05, 0.1) is 0 Å². The maximum Gasteiger partial charge on any atom is 0.0316 e. The highest BCUT2D eigenvalue weighted by atomic mass is 32.2. The van der Waals surface area contributed by atoms with Gasteiger partial charge in [0.15, 0.2) is 0 Å². The molecule has 0 amide bonds. The van der Waals surface area contributed by atoms with Crippen LogP contribution in [0.15, 0.2) is 24.3 Å². The van der Waals surface area contributed by atoms with E-state index in [1.165, 1.54) is 5.56 Å². The van der Waals surface area contributed by atoms with Gasteiger partial charge >= 0.3 is 0 Å². The predicted octanol–water partition coefficient (Wildman–Crippen LogP) is 2.74. The molecule has 66 valence electrons. The molecule has 0 saturated carbocycles. The van der Waals surface area contributed by atoms with Crippen LogP contribution in [0.25, 0.3) is 0 Å². The lowest BCUT2D eigenvalue weighted by molar-refractivity contribution is 0.882. The van der Waals surface area contributed by atoms with Crippen molar-refractivity contribution in [2.75, 3.05) is 17.7 Å². The second-order valence-electron chi connectivity index (χ2n) is 3.03. The van der Waals surface area contributed by atoms with Crippen LogP contribution in [-0.4, -0.2) is 12.0 Å². The predicted molar refractivity (Wildman–Crippen MR) is 57.7 cm³/mol. The van der Waals surface area contributed by atoms with Gasteiger partial charge in [0.1, 0.15) is 0 Å². The number of rotatable bonds is 3. The van der Waals surface area contributed by atoms with Crippen molar-refractivity contribution in [3.05, 3.63) is 29.8 Å². The van der Waals surface area contributed by atoms with Crippen molar-refractivity contribution in [2.24, 2.45) is 0 Å². The third-order valence-corrected chi connectivity index (χ3v) is 2.73. The summed E-state index contributed by atoms with van der Waals surface area (Å²) in [6.45, 7) is 2.23. The molecule has 1 atom stereocenters. The molecular weight excluding hydrogens is 166 g/mol. The van der Waals surface area contributed by atoms with E-state index < -0.39 is 0 Å². The maximum atomic E-state index is 5.69. The van der Waals surface area contributed by atoms with Crippen LogP contribution in [0.4, 0.5) is 5.69 Å². The first kappa shape index (κ1) is 9.46. The van der Waals surface area contributed by atoms with E-state index in [1.807, 2.05) is 23.9 Å². The topological polar surface area (TPSA) is 26.0 Å². The quantitative estimate of drug-likeness (QED) is 0.726. The molecule has 0 bridgehead atoms. The van der Waals surface area contributed by atoms with E-state index in [2.05, 4.69) is 25.3 Å². The van der Waals surface area contributed by atoms with E-state index in [4.69, 9.17) is 5.73 Å². The normalized spacial score (nSPS) is 12.8. The van der Waals surface area contributed by atoms with Gasteiger partial charge in [0, 0.05) is 5.69 Å². The molecule has 0 aliphatic carbocycles. The average Bonchev–Trinajstić information content (AvgIpc) is 2.05. The highest BCUT2D eigenvalue weighted by molar-refractivity contribution is 7.98. The summed E-state index contributed by atoms with van der Waals surface area (Å²) < 4.78 is 0. The van der Waals surface area contributed by atoms with Crippen LogP contribution in [0.2, 0.25) is 0 Å². The summed E-state index contributed by atoms with van der Waals surface area (Å²) in [5, 5.41) is 0. The van der Waals surface area contributed by atoms with Gasteiger partial charge in [-0.3, -0.25) is 0 Å². The summed E-state index contributed by atoms with van der Waals surface area (Å²) in [4.78, 5) is 0. The summed E-state index contributed by atoms with van der Waals surface area (Å²) in [7, 11) is 0. The molecule has 0 radical (unpaired) electrons. The smallest absolute Gasteiger partial charge is 0.0316 e. The minimum atomic E-state index is 0.600. The van der Waals surface area contributed by atoms with Crippen LogP contribution in [0.5, 0.6) is 0 Å². The van der Waals surface area contributed by atoms with Gasteiger partial charge in [-0.05, 0) is 35.6 Å². The van der Waals surface area contributed by atoms with Gasteiger partial charge in [-0.15, -0.1) is 0 Å². The Morgan fingerprint density at radius 2 is 2.25 bits per heavy atom. The fraction of sp³-hybridized carbons (Fsp3) is 0.400. The Morgan fingerprint density at radius 3 is 2.83 bits per heavy atom. The zero-order valence-corrected chi connectivity index (χ0v) is 8.40. The Balaban J connectivity index is 2.73. The van der Waals surface area contributed by atoms with Crippen LogP contribution >= 0.6 is 11.8 Å². The molecule has 1 aromatic carbocycles. The van der Waals surface area contributed by atoms with Crippen LogP contribution in [0.1, 0.15) is 18.4 Å². The maximum absolute atomic E-state index is 5.69. The Morgan fingerprint density at radius 1 is 1.50 bits per heavy atom. The van der Waals surface area contributed by atoms with Gasteiger partial charge in [-0.1, -0.05) is 19.1 Å². The van der Waals surface area contributed by atoms with Crippen molar-refractivity contribution >= 4 is 17.4 Å². The van der Waals surface area contributed by atoms with E-state index in [1.54, 1.807) is 0 Å². The van der Waals surface area contributed by atoms with Gasteiger partial charge < -0.3 is 5.73 Å². The number of hydrogen-bond donors (Lipinski definition) is 1. The summed E-state index contributed by atoms with van der Waals surface area (Å²) >= 11 is 1.87. The molecular formula is C10H15NS. The second kappa shape index (κ2) is 4.41. The Hall–Kier alpha value is -0.630. The monoisotopic (exact) mass is 181 g/mol. The molecule has 0 saturated heterocycles. The lowest BCUT2D eigenvalue weighted by Gasteiger charge is -2.10. The van der Waals surface area contributed by atoms with Crippen LogP contribution in [0.3, 0.4) is 0 Å². The Labute approximate surface area is 78.4 Å². The van der Waals surface area contributed by atoms with Gasteiger partial charge in [-0.25, -0.2) is 0 Å². The number of nitrogens with two attached hydrogens (primary N) is 1. The molecule has 0 aromatic heterocycles. The number of thioether (sulfide) groups is 1. The number of nitrogen functional groups attached to an aromatic ring is 1. The molecule has 2 N–H and O–H groups in total. The molecule has 0 fully saturated rings. The third-order valence-electron chi connectivity index (χ3n) is 1.90. The second-order valence-corrected chi connectivity index (χ2v) is 3.94. The van der Waals surface area contributed by atoms with E-state index in [0.717, 1.165) is 11.4 Å². The molecule has 1 unspecified atom stereocenters. The molecule has 0 aliphatic heterocycles. The molecule has 1 rings (SSSR count). The number of benzene rings is 1. The SMILES string of the molecule is CSCC(C)c1cccc(N)c1. The fourth-order valence-electron chi connectivity index (χ4n) is 1.21. The molecule has 0 spiro atoms. The van der Waals surface area contributed by atoms with Crippen molar-refractivity contribution < 1.29 is 0 Å². The lowest BCUT2D eigenvalue weighted by Crippen LogP contribution is -1.97. The highest BCUT2D eigenvalue weighted by Gasteiger charge is 2.03. The summed E-state index contributed by atoms with van der Waals surface area (Å²) in [5.41, 5.74) is 7.88. The summed E-state index contributed by atoms with van der Waals surface area (Å²) in [5.74, 6) is 1.76. The average molecular weight is 181 g/mol. The molecule has 1 aromatic rings. The molecule has 2 heteroatoms. The first-order chi connectivity index (χ1) is 5.74. The largest absolute Gasteiger partial charge is 0.399 e. The van der Waals surface area contributed by atoms with Crippen LogP contribution in [-0.2, 0) is 0 Å². The van der Waals surface area contributed by atoms with E-state index >= 15 is 0 Å². The lowest BCUT2D eigenvalue weighted by atomic mass is 10.0. The first-order valence-corrected chi connectivity index (χ1v) is 5.48. The van der Waals surface area contributed by atoms with Crippen molar-refractivity contribution in [1.82, 2.24) is 0 Å². The van der Waals surface area contributed by atoms with Crippen molar-refractivity contribution in [3.63, 3.8) is 0 Å². The van der Waals surface area contributed by atoms with Gasteiger partial charge in [-0.2, -0.15) is 11.8 Å². The van der Waals surface area contributed by atoms with E-state index in [-0.39, 0.29) is 0 Å². The van der Waals surface area contributed by atoms with E-state index in [0.29, 0.717) is 5.92 Å². The first-order valence-electron chi connectivity index (χ1n) is 4.08. The number of anilines is 1. The van der Waals surface area contributed by atoms with Crippen LogP contribution < -0.4 is 5.73 Å². The zero-order chi connectivity index (χ0) is 8.97. The molecule has 0 aliphatic rings. The fourth-order valence-corrected chi connectivity index (χ4v) is 1.90. The highest BCUT2D eigenvalue weighted by Crippen LogP contribution is 2.20. The third kappa shape index (κ3) is 2.45.